The van der Waals surface area contributed by atoms with Crippen molar-refractivity contribution in [1.29, 1.82) is 0 Å². The fourth-order valence-corrected chi connectivity index (χ4v) is 2.81. The van der Waals surface area contributed by atoms with Crippen LogP contribution in [0.15, 0.2) is 30.3 Å². The Labute approximate surface area is 161 Å². The van der Waals surface area contributed by atoms with E-state index in [2.05, 4.69) is 9.97 Å². The molecule has 2 N–H and O–H groups in total. The zero-order valence-electron chi connectivity index (χ0n) is 15.8. The zero-order chi connectivity index (χ0) is 20.3. The molecule has 0 aliphatic carbocycles. The minimum absolute atomic E-state index is 0.0599. The average molecular weight is 388 g/mol. The van der Waals surface area contributed by atoms with Crippen molar-refractivity contribution in [3.8, 4) is 22.9 Å². The summed E-state index contributed by atoms with van der Waals surface area (Å²) in [7, 11) is 2.89. The van der Waals surface area contributed by atoms with Gasteiger partial charge in [-0.05, 0) is 36.2 Å². The maximum absolute atomic E-state index is 14.7. The standard InChI is InChI=1S/C20H21FN2O5/c1-11-5-4-6-13(17(11)21)18-20(27-3)22-14-7-12(15(25)9-24)8-16(19(14)23-18)28-10-26-2/h4-8,15,24-25H,9-10H2,1-3H3. The molecule has 0 saturated carbocycles. The van der Waals surface area contributed by atoms with Crippen LogP contribution in [0.5, 0.6) is 11.6 Å². The number of rotatable bonds is 7. The number of nitrogens with zero attached hydrogens (tertiary/aromatic N) is 2. The lowest BCUT2D eigenvalue weighted by Crippen LogP contribution is -2.07. The largest absolute Gasteiger partial charge is 0.479 e. The molecule has 148 valence electrons. The van der Waals surface area contributed by atoms with E-state index in [1.54, 1.807) is 37.3 Å². The van der Waals surface area contributed by atoms with E-state index < -0.39 is 18.5 Å². The summed E-state index contributed by atoms with van der Waals surface area (Å²) in [4.78, 5) is 8.97. The minimum atomic E-state index is -1.11. The normalized spacial score (nSPS) is 12.2. The van der Waals surface area contributed by atoms with Crippen molar-refractivity contribution in [2.24, 2.45) is 0 Å². The monoisotopic (exact) mass is 388 g/mol. The molecular formula is C20H21FN2O5. The summed E-state index contributed by atoms with van der Waals surface area (Å²) in [5.74, 6) is -0.00206. The highest BCUT2D eigenvalue weighted by Gasteiger charge is 2.20. The fraction of sp³-hybridized carbons (Fsp3) is 0.300. The van der Waals surface area contributed by atoms with E-state index in [9.17, 15) is 14.6 Å². The van der Waals surface area contributed by atoms with Gasteiger partial charge in [0.15, 0.2) is 12.5 Å². The maximum Gasteiger partial charge on any atom is 0.241 e. The lowest BCUT2D eigenvalue weighted by Gasteiger charge is -2.15. The molecule has 0 fully saturated rings. The van der Waals surface area contributed by atoms with Gasteiger partial charge in [0.05, 0.1) is 19.2 Å². The molecule has 0 amide bonds. The average Bonchev–Trinajstić information content (AvgIpc) is 2.72. The van der Waals surface area contributed by atoms with Crippen LogP contribution in [0, 0.1) is 12.7 Å². The lowest BCUT2D eigenvalue weighted by atomic mass is 10.1. The van der Waals surface area contributed by atoms with Gasteiger partial charge in [0, 0.05) is 12.7 Å². The molecule has 8 heteroatoms. The highest BCUT2D eigenvalue weighted by molar-refractivity contribution is 5.86. The number of fused-ring (bicyclic) bond motifs is 1. The van der Waals surface area contributed by atoms with Crippen molar-refractivity contribution in [3.05, 3.63) is 47.3 Å². The zero-order valence-corrected chi connectivity index (χ0v) is 15.8. The molecule has 28 heavy (non-hydrogen) atoms. The quantitative estimate of drug-likeness (QED) is 0.601. The summed E-state index contributed by atoms with van der Waals surface area (Å²) >= 11 is 0. The van der Waals surface area contributed by atoms with Crippen LogP contribution in [0.3, 0.4) is 0 Å². The van der Waals surface area contributed by atoms with Gasteiger partial charge in [0.1, 0.15) is 23.1 Å². The molecule has 3 rings (SSSR count). The molecule has 2 aromatic carbocycles. The summed E-state index contributed by atoms with van der Waals surface area (Å²) in [5, 5.41) is 19.3. The number of aromatic nitrogens is 2. The first-order valence-electron chi connectivity index (χ1n) is 8.56. The van der Waals surface area contributed by atoms with Crippen LogP contribution in [0.25, 0.3) is 22.3 Å². The highest BCUT2D eigenvalue weighted by atomic mass is 19.1. The number of aliphatic hydroxyl groups is 2. The van der Waals surface area contributed by atoms with Gasteiger partial charge >= 0.3 is 0 Å². The third-order valence-electron chi connectivity index (χ3n) is 4.26. The molecule has 1 heterocycles. The summed E-state index contributed by atoms with van der Waals surface area (Å²) in [6, 6.07) is 8.10. The van der Waals surface area contributed by atoms with Crippen LogP contribution in [-0.2, 0) is 4.74 Å². The topological polar surface area (TPSA) is 93.9 Å². The summed E-state index contributed by atoms with van der Waals surface area (Å²) in [6.45, 7) is 1.14. The number of hydrogen-bond acceptors (Lipinski definition) is 7. The van der Waals surface area contributed by atoms with Gasteiger partial charge in [-0.2, -0.15) is 0 Å². The maximum atomic E-state index is 14.7. The summed E-state index contributed by atoms with van der Waals surface area (Å²) in [6.07, 6.45) is -1.11. The number of aryl methyl sites for hydroxylation is 1. The Kier molecular flexibility index (Phi) is 6.03. The van der Waals surface area contributed by atoms with E-state index in [0.717, 1.165) is 0 Å². The molecule has 0 radical (unpaired) electrons. The van der Waals surface area contributed by atoms with Crippen LogP contribution in [0.4, 0.5) is 4.39 Å². The molecule has 1 aromatic heterocycles. The summed E-state index contributed by atoms with van der Waals surface area (Å²) < 4.78 is 30.5. The highest BCUT2D eigenvalue weighted by Crippen LogP contribution is 2.35. The van der Waals surface area contributed by atoms with Crippen LogP contribution < -0.4 is 9.47 Å². The first-order valence-corrected chi connectivity index (χ1v) is 8.56. The smallest absolute Gasteiger partial charge is 0.241 e. The van der Waals surface area contributed by atoms with Crippen molar-refractivity contribution < 1.29 is 28.8 Å². The van der Waals surface area contributed by atoms with Gasteiger partial charge in [-0.25, -0.2) is 14.4 Å². The predicted molar refractivity (Wildman–Crippen MR) is 101 cm³/mol. The van der Waals surface area contributed by atoms with E-state index in [1.807, 2.05) is 0 Å². The van der Waals surface area contributed by atoms with Crippen LogP contribution in [0.1, 0.15) is 17.2 Å². The van der Waals surface area contributed by atoms with Crippen molar-refractivity contribution in [2.45, 2.75) is 13.0 Å². The molecule has 1 atom stereocenters. The van der Waals surface area contributed by atoms with E-state index in [1.165, 1.54) is 14.2 Å². The van der Waals surface area contributed by atoms with Gasteiger partial charge in [-0.15, -0.1) is 0 Å². The number of benzene rings is 2. The first kappa shape index (κ1) is 19.9. The number of aliphatic hydroxyl groups excluding tert-OH is 2. The molecule has 3 aromatic rings. The van der Waals surface area contributed by atoms with Crippen molar-refractivity contribution in [1.82, 2.24) is 9.97 Å². The number of ether oxygens (including phenoxy) is 3. The van der Waals surface area contributed by atoms with Gasteiger partial charge in [-0.3, -0.25) is 0 Å². The third kappa shape index (κ3) is 3.75. The lowest BCUT2D eigenvalue weighted by molar-refractivity contribution is 0.0515. The molecule has 0 spiro atoms. The van der Waals surface area contributed by atoms with Gasteiger partial charge in [0.2, 0.25) is 5.88 Å². The summed E-state index contributed by atoms with van der Waals surface area (Å²) in [5.41, 5.74) is 2.07. The number of methoxy groups -OCH3 is 2. The second-order valence-corrected chi connectivity index (χ2v) is 6.15. The third-order valence-corrected chi connectivity index (χ3v) is 4.26. The number of hydrogen-bond donors (Lipinski definition) is 2. The second-order valence-electron chi connectivity index (χ2n) is 6.15. The molecule has 0 saturated heterocycles. The molecule has 0 bridgehead atoms. The van der Waals surface area contributed by atoms with Gasteiger partial charge < -0.3 is 24.4 Å². The molecular weight excluding hydrogens is 367 g/mol. The van der Waals surface area contributed by atoms with Crippen LogP contribution in [-0.4, -0.2) is 47.8 Å². The Morgan fingerprint density at radius 2 is 1.96 bits per heavy atom. The number of halogens is 1. The van der Waals surface area contributed by atoms with Crippen molar-refractivity contribution in [2.75, 3.05) is 27.6 Å². The van der Waals surface area contributed by atoms with Gasteiger partial charge in [0.25, 0.3) is 0 Å². The Morgan fingerprint density at radius 3 is 2.64 bits per heavy atom. The molecule has 0 aliphatic rings. The minimum Gasteiger partial charge on any atom is -0.479 e. The SMILES string of the molecule is COCOc1cc(C(O)CO)cc2nc(OC)c(-c3cccc(C)c3F)nc12. The Morgan fingerprint density at radius 1 is 1.18 bits per heavy atom. The van der Waals surface area contributed by atoms with Gasteiger partial charge in [-0.1, -0.05) is 12.1 Å². The van der Waals surface area contributed by atoms with Crippen molar-refractivity contribution >= 4 is 11.0 Å². The van der Waals surface area contributed by atoms with Crippen molar-refractivity contribution in [3.63, 3.8) is 0 Å². The molecule has 0 aliphatic heterocycles. The van der Waals surface area contributed by atoms with E-state index in [0.29, 0.717) is 22.2 Å². The fourth-order valence-electron chi connectivity index (χ4n) is 2.81. The molecule has 1 unspecified atom stereocenters. The Balaban J connectivity index is 2.28. The van der Waals surface area contributed by atoms with E-state index in [4.69, 9.17) is 14.2 Å². The predicted octanol–water partition coefficient (Wildman–Crippen LogP) is 2.76. The van der Waals surface area contributed by atoms with Crippen LogP contribution in [0.2, 0.25) is 0 Å². The van der Waals surface area contributed by atoms with E-state index >= 15 is 0 Å². The second kappa shape index (κ2) is 8.47. The van der Waals surface area contributed by atoms with Crippen LogP contribution >= 0.6 is 0 Å². The first-order chi connectivity index (χ1) is 13.5. The Hall–Kier alpha value is -2.81. The Bertz CT molecular complexity index is 996. The van der Waals surface area contributed by atoms with E-state index in [-0.39, 0.29) is 29.7 Å². The molecule has 7 nitrogen and oxygen atoms in total.